The number of piperazine rings is 1. The summed E-state index contributed by atoms with van der Waals surface area (Å²) in [6.45, 7) is 3.30. The Morgan fingerprint density at radius 3 is 2.24 bits per heavy atom. The van der Waals surface area contributed by atoms with E-state index in [1.54, 1.807) is 34.0 Å². The highest BCUT2D eigenvalue weighted by atomic mass is 79.9. The quantitative estimate of drug-likeness (QED) is 0.250. The standard InChI is InChI=1S/C33H35Br2N7O4/c34-26-18-22(19-27(35)30(26)43)20-28(31(44)40-16-14-39(15-17-40)24-6-10-36-11-7-24)37-32(45)41-12-8-25(9-13-41)42-21-29(38-33(42)46)23-4-2-1-3-5-23/h1-7,10-11,18-19,21,25,28,43H,8-9,12-17,20H2,(H,37,45)(H,38,46)/t28-/m1/s1. The van der Waals surface area contributed by atoms with Crippen molar-refractivity contribution in [2.75, 3.05) is 44.2 Å². The van der Waals surface area contributed by atoms with E-state index in [0.717, 1.165) is 22.5 Å². The summed E-state index contributed by atoms with van der Waals surface area (Å²) in [5.41, 5.74) is 3.39. The number of hydrogen-bond donors (Lipinski definition) is 3. The number of piperidine rings is 1. The van der Waals surface area contributed by atoms with Gasteiger partial charge < -0.3 is 30.1 Å². The van der Waals surface area contributed by atoms with E-state index in [1.807, 2.05) is 53.6 Å². The SMILES string of the molecule is O=C(N[C@H](Cc1cc(Br)c(O)c(Br)c1)C(=O)N1CCN(c2ccncc2)CC1)N1CCC(n2cc(-c3ccccc3)[nH]c2=O)CC1. The van der Waals surface area contributed by atoms with Gasteiger partial charge in [0, 0.05) is 76.0 Å². The van der Waals surface area contributed by atoms with Gasteiger partial charge in [-0.05, 0) is 80.1 Å². The number of aromatic nitrogens is 3. The zero-order valence-electron chi connectivity index (χ0n) is 25.1. The zero-order chi connectivity index (χ0) is 32.2. The molecule has 2 aliphatic rings. The van der Waals surface area contributed by atoms with Crippen molar-refractivity contribution in [2.45, 2.75) is 31.3 Å². The number of benzene rings is 2. The zero-order valence-corrected chi connectivity index (χ0v) is 28.3. The molecule has 11 nitrogen and oxygen atoms in total. The molecule has 240 valence electrons. The lowest BCUT2D eigenvalue weighted by Crippen LogP contribution is -2.57. The molecule has 0 spiro atoms. The number of amides is 3. The average Bonchev–Trinajstić information content (AvgIpc) is 3.48. The molecule has 6 rings (SSSR count). The number of aromatic hydroxyl groups is 1. The molecule has 13 heteroatoms. The first-order valence-corrected chi connectivity index (χ1v) is 16.9. The summed E-state index contributed by atoms with van der Waals surface area (Å²) in [6.07, 6.45) is 6.86. The van der Waals surface area contributed by atoms with Gasteiger partial charge in [0.1, 0.15) is 11.8 Å². The molecule has 0 bridgehead atoms. The van der Waals surface area contributed by atoms with Crippen LogP contribution in [0.1, 0.15) is 24.4 Å². The Morgan fingerprint density at radius 1 is 0.935 bits per heavy atom. The second kappa shape index (κ2) is 14.1. The Hall–Kier alpha value is -4.10. The van der Waals surface area contributed by atoms with Crippen LogP contribution in [0.25, 0.3) is 11.3 Å². The summed E-state index contributed by atoms with van der Waals surface area (Å²) in [6, 6.07) is 16.0. The lowest BCUT2D eigenvalue weighted by Gasteiger charge is -2.38. The Kier molecular flexibility index (Phi) is 9.78. The van der Waals surface area contributed by atoms with E-state index in [2.05, 4.69) is 52.0 Å². The maximum atomic E-state index is 13.9. The Labute approximate surface area is 283 Å². The third-order valence-electron chi connectivity index (χ3n) is 8.71. The first-order valence-electron chi connectivity index (χ1n) is 15.3. The molecule has 3 N–H and O–H groups in total. The Morgan fingerprint density at radius 2 is 1.59 bits per heavy atom. The van der Waals surface area contributed by atoms with E-state index in [0.29, 0.717) is 61.1 Å². The number of halogens is 2. The second-order valence-electron chi connectivity index (χ2n) is 11.6. The lowest BCUT2D eigenvalue weighted by atomic mass is 10.0. The fraction of sp³-hybridized carbons (Fsp3) is 0.333. The van der Waals surface area contributed by atoms with Crippen LogP contribution >= 0.6 is 31.9 Å². The molecule has 0 saturated carbocycles. The summed E-state index contributed by atoms with van der Waals surface area (Å²) in [5, 5.41) is 13.2. The number of phenolic OH excluding ortho intramolecular Hbond substituents is 1. The minimum Gasteiger partial charge on any atom is -0.506 e. The normalized spacial score (nSPS) is 16.3. The number of likely N-dealkylation sites (tertiary alicyclic amines) is 1. The van der Waals surface area contributed by atoms with Crippen LogP contribution < -0.4 is 15.9 Å². The largest absolute Gasteiger partial charge is 0.506 e. The van der Waals surface area contributed by atoms with Crippen molar-refractivity contribution in [3.63, 3.8) is 0 Å². The van der Waals surface area contributed by atoms with Crippen molar-refractivity contribution in [1.82, 2.24) is 29.7 Å². The van der Waals surface area contributed by atoms with Crippen molar-refractivity contribution in [3.8, 4) is 17.0 Å². The highest BCUT2D eigenvalue weighted by Gasteiger charge is 2.32. The number of carbonyl (C=O) groups is 2. The first-order chi connectivity index (χ1) is 22.3. The van der Waals surface area contributed by atoms with Crippen molar-refractivity contribution >= 4 is 49.5 Å². The number of nitrogens with one attached hydrogen (secondary N) is 2. The van der Waals surface area contributed by atoms with Crippen LogP contribution in [0.4, 0.5) is 10.5 Å². The van der Waals surface area contributed by atoms with Gasteiger partial charge in [-0.1, -0.05) is 30.3 Å². The molecular formula is C33H35Br2N7O4. The van der Waals surface area contributed by atoms with Gasteiger partial charge in [0.15, 0.2) is 0 Å². The van der Waals surface area contributed by atoms with E-state index in [1.165, 1.54) is 0 Å². The van der Waals surface area contributed by atoms with E-state index < -0.39 is 6.04 Å². The van der Waals surface area contributed by atoms with Crippen LogP contribution in [0.3, 0.4) is 0 Å². The molecule has 2 saturated heterocycles. The predicted octanol–water partition coefficient (Wildman–Crippen LogP) is 4.78. The molecule has 2 fully saturated rings. The highest BCUT2D eigenvalue weighted by molar-refractivity contribution is 9.11. The average molecular weight is 753 g/mol. The molecule has 46 heavy (non-hydrogen) atoms. The molecule has 1 atom stereocenters. The number of aromatic amines is 1. The lowest BCUT2D eigenvalue weighted by molar-refractivity contribution is -0.133. The van der Waals surface area contributed by atoms with E-state index >= 15 is 0 Å². The van der Waals surface area contributed by atoms with Gasteiger partial charge in [-0.2, -0.15) is 0 Å². The van der Waals surface area contributed by atoms with Crippen LogP contribution in [0, 0.1) is 0 Å². The first kappa shape index (κ1) is 31.9. The highest BCUT2D eigenvalue weighted by Crippen LogP contribution is 2.34. The molecular weight excluding hydrogens is 718 g/mol. The molecule has 2 aromatic carbocycles. The van der Waals surface area contributed by atoms with Crippen LogP contribution in [0.15, 0.2) is 86.9 Å². The minimum atomic E-state index is -0.804. The van der Waals surface area contributed by atoms with Crippen LogP contribution in [0.5, 0.6) is 5.75 Å². The molecule has 0 unspecified atom stereocenters. The Balaban J connectivity index is 1.12. The van der Waals surface area contributed by atoms with Gasteiger partial charge in [0.2, 0.25) is 5.91 Å². The number of nitrogens with zero attached hydrogens (tertiary/aromatic N) is 5. The topological polar surface area (TPSA) is 127 Å². The number of imidazole rings is 1. The fourth-order valence-corrected chi connectivity index (χ4v) is 7.45. The second-order valence-corrected chi connectivity index (χ2v) is 13.3. The molecule has 0 aliphatic carbocycles. The number of H-pyrrole nitrogens is 1. The third-order valence-corrected chi connectivity index (χ3v) is 9.91. The monoisotopic (exact) mass is 751 g/mol. The van der Waals surface area contributed by atoms with Gasteiger partial charge in [-0.3, -0.25) is 14.3 Å². The maximum absolute atomic E-state index is 13.9. The van der Waals surface area contributed by atoms with Gasteiger partial charge in [-0.15, -0.1) is 0 Å². The summed E-state index contributed by atoms with van der Waals surface area (Å²) in [4.78, 5) is 53.1. The van der Waals surface area contributed by atoms with Crippen LogP contribution in [-0.2, 0) is 11.2 Å². The minimum absolute atomic E-state index is 0.0360. The smallest absolute Gasteiger partial charge is 0.326 e. The molecule has 3 amide bonds. The summed E-state index contributed by atoms with van der Waals surface area (Å²) >= 11 is 6.76. The number of phenols is 1. The fourth-order valence-electron chi connectivity index (χ4n) is 6.16. The summed E-state index contributed by atoms with van der Waals surface area (Å²) < 4.78 is 2.73. The van der Waals surface area contributed by atoms with Crippen LogP contribution in [-0.4, -0.2) is 86.7 Å². The number of pyridine rings is 1. The summed E-state index contributed by atoms with van der Waals surface area (Å²) in [5.74, 6) is -0.0755. The third kappa shape index (κ3) is 7.15. The van der Waals surface area contributed by atoms with Crippen molar-refractivity contribution in [1.29, 1.82) is 0 Å². The van der Waals surface area contributed by atoms with E-state index in [4.69, 9.17) is 0 Å². The van der Waals surface area contributed by atoms with Crippen molar-refractivity contribution < 1.29 is 14.7 Å². The molecule has 0 radical (unpaired) electrons. The number of urea groups is 1. The number of anilines is 1. The van der Waals surface area contributed by atoms with E-state index in [9.17, 15) is 19.5 Å². The van der Waals surface area contributed by atoms with Crippen molar-refractivity contribution in [2.24, 2.45) is 0 Å². The molecule has 2 aromatic heterocycles. The van der Waals surface area contributed by atoms with Gasteiger partial charge in [0.05, 0.1) is 14.6 Å². The van der Waals surface area contributed by atoms with Gasteiger partial charge in [0.25, 0.3) is 0 Å². The number of rotatable bonds is 7. The van der Waals surface area contributed by atoms with Gasteiger partial charge >= 0.3 is 11.7 Å². The summed E-state index contributed by atoms with van der Waals surface area (Å²) in [7, 11) is 0. The maximum Gasteiger partial charge on any atom is 0.326 e. The molecule has 4 heterocycles. The predicted molar refractivity (Wildman–Crippen MR) is 183 cm³/mol. The number of carbonyl (C=O) groups excluding carboxylic acids is 2. The molecule has 4 aromatic rings. The van der Waals surface area contributed by atoms with Crippen LogP contribution in [0.2, 0.25) is 0 Å². The van der Waals surface area contributed by atoms with Crippen molar-refractivity contribution in [3.05, 3.63) is 98.2 Å². The van der Waals surface area contributed by atoms with Gasteiger partial charge in [-0.25, -0.2) is 9.59 Å². The van der Waals surface area contributed by atoms with E-state index in [-0.39, 0.29) is 35.8 Å². The Bertz CT molecular complexity index is 1710. The molecule has 2 aliphatic heterocycles. The number of hydrogen-bond acceptors (Lipinski definition) is 6.